The van der Waals surface area contributed by atoms with Crippen molar-refractivity contribution >= 4 is 29.0 Å². The van der Waals surface area contributed by atoms with Gasteiger partial charge in [0.2, 0.25) is 5.91 Å². The Bertz CT molecular complexity index is 657. The van der Waals surface area contributed by atoms with E-state index in [4.69, 9.17) is 5.73 Å². The largest absolute Gasteiger partial charge is 0.399 e. The summed E-state index contributed by atoms with van der Waals surface area (Å²) < 4.78 is 0. The monoisotopic (exact) mass is 298 g/mol. The minimum Gasteiger partial charge on any atom is -0.399 e. The highest BCUT2D eigenvalue weighted by atomic mass is 32.2. The molecule has 1 aliphatic rings. The number of fused-ring (bicyclic) bond motifs is 1. The van der Waals surface area contributed by atoms with Crippen molar-refractivity contribution in [3.8, 4) is 0 Å². The number of carbonyl (C=O) groups is 1. The Balaban J connectivity index is 1.69. The number of anilines is 2. The molecular formula is C17H18N2OS. The van der Waals surface area contributed by atoms with Gasteiger partial charge in [0.15, 0.2) is 0 Å². The zero-order chi connectivity index (χ0) is 14.7. The first-order valence-electron chi connectivity index (χ1n) is 7.10. The molecule has 0 unspecified atom stereocenters. The molecule has 1 amide bonds. The van der Waals surface area contributed by atoms with E-state index in [1.54, 1.807) is 0 Å². The molecule has 2 aromatic rings. The SMILES string of the molecule is Nc1cccc(CCC(=O)N2CCSc3ccccc32)c1. The number of nitrogens with two attached hydrogens (primary N) is 1. The number of hydrogen-bond acceptors (Lipinski definition) is 3. The van der Waals surface area contributed by atoms with Crippen molar-refractivity contribution in [1.29, 1.82) is 0 Å². The summed E-state index contributed by atoms with van der Waals surface area (Å²) in [6.45, 7) is 0.789. The van der Waals surface area contributed by atoms with E-state index in [1.165, 1.54) is 4.90 Å². The van der Waals surface area contributed by atoms with Gasteiger partial charge in [-0.1, -0.05) is 24.3 Å². The summed E-state index contributed by atoms with van der Waals surface area (Å²) in [5.74, 6) is 1.14. The molecule has 2 aromatic carbocycles. The van der Waals surface area contributed by atoms with Crippen LogP contribution in [0.3, 0.4) is 0 Å². The van der Waals surface area contributed by atoms with E-state index in [2.05, 4.69) is 6.07 Å². The van der Waals surface area contributed by atoms with Crippen LogP contribution in [-0.2, 0) is 11.2 Å². The number of rotatable bonds is 3. The number of amides is 1. The predicted molar refractivity (Wildman–Crippen MR) is 88.7 cm³/mol. The van der Waals surface area contributed by atoms with Crippen molar-refractivity contribution in [2.24, 2.45) is 0 Å². The second-order valence-electron chi connectivity index (χ2n) is 5.11. The van der Waals surface area contributed by atoms with E-state index in [1.807, 2.05) is 59.1 Å². The zero-order valence-corrected chi connectivity index (χ0v) is 12.6. The maximum Gasteiger partial charge on any atom is 0.227 e. The van der Waals surface area contributed by atoms with E-state index in [9.17, 15) is 4.79 Å². The Morgan fingerprint density at radius 3 is 2.90 bits per heavy atom. The van der Waals surface area contributed by atoms with Crippen LogP contribution in [-0.4, -0.2) is 18.2 Å². The first-order valence-corrected chi connectivity index (χ1v) is 8.09. The number of thioether (sulfide) groups is 1. The summed E-state index contributed by atoms with van der Waals surface area (Å²) in [6.07, 6.45) is 1.25. The van der Waals surface area contributed by atoms with Crippen LogP contribution < -0.4 is 10.6 Å². The third-order valence-electron chi connectivity index (χ3n) is 3.61. The van der Waals surface area contributed by atoms with Crippen molar-refractivity contribution < 1.29 is 4.79 Å². The van der Waals surface area contributed by atoms with Crippen LogP contribution in [0.4, 0.5) is 11.4 Å². The number of hydrogen-bond donors (Lipinski definition) is 1. The van der Waals surface area contributed by atoms with Gasteiger partial charge >= 0.3 is 0 Å². The third-order valence-corrected chi connectivity index (χ3v) is 4.65. The summed E-state index contributed by atoms with van der Waals surface area (Å²) >= 11 is 1.82. The first kappa shape index (κ1) is 14.0. The van der Waals surface area contributed by atoms with Crippen LogP contribution in [0.5, 0.6) is 0 Å². The Morgan fingerprint density at radius 1 is 1.19 bits per heavy atom. The van der Waals surface area contributed by atoms with Crippen LogP contribution in [0.15, 0.2) is 53.4 Å². The average molecular weight is 298 g/mol. The summed E-state index contributed by atoms with van der Waals surface area (Å²) in [5, 5.41) is 0. The molecule has 0 fully saturated rings. The van der Waals surface area contributed by atoms with E-state index in [-0.39, 0.29) is 5.91 Å². The lowest BCUT2D eigenvalue weighted by Gasteiger charge is -2.29. The maximum absolute atomic E-state index is 12.5. The van der Waals surface area contributed by atoms with Crippen molar-refractivity contribution in [3.05, 3.63) is 54.1 Å². The summed E-state index contributed by atoms with van der Waals surface area (Å²) in [5.41, 5.74) is 8.68. The predicted octanol–water partition coefficient (Wildman–Crippen LogP) is 3.34. The number of nitrogen functional groups attached to an aromatic ring is 1. The molecule has 0 spiro atoms. The lowest BCUT2D eigenvalue weighted by atomic mass is 10.1. The minimum atomic E-state index is 0.185. The number of benzene rings is 2. The molecule has 0 bridgehead atoms. The number of carbonyl (C=O) groups excluding carboxylic acids is 1. The molecule has 0 radical (unpaired) electrons. The van der Waals surface area contributed by atoms with E-state index < -0.39 is 0 Å². The quantitative estimate of drug-likeness (QED) is 0.884. The van der Waals surface area contributed by atoms with Crippen molar-refractivity contribution in [3.63, 3.8) is 0 Å². The molecule has 1 aliphatic heterocycles. The molecule has 0 aromatic heterocycles. The van der Waals surface area contributed by atoms with Gasteiger partial charge < -0.3 is 10.6 Å². The summed E-state index contributed by atoms with van der Waals surface area (Å²) in [6, 6.07) is 15.9. The lowest BCUT2D eigenvalue weighted by molar-refractivity contribution is -0.118. The topological polar surface area (TPSA) is 46.3 Å². The minimum absolute atomic E-state index is 0.185. The van der Waals surface area contributed by atoms with Crippen LogP contribution in [0.25, 0.3) is 0 Å². The Kier molecular flexibility index (Phi) is 4.15. The van der Waals surface area contributed by atoms with Crippen LogP contribution in [0.2, 0.25) is 0 Å². The Labute approximate surface area is 129 Å². The van der Waals surface area contributed by atoms with Gasteiger partial charge in [0.1, 0.15) is 0 Å². The number of aryl methyl sites for hydroxylation is 1. The second kappa shape index (κ2) is 6.22. The Morgan fingerprint density at radius 2 is 2.05 bits per heavy atom. The fourth-order valence-electron chi connectivity index (χ4n) is 2.56. The van der Waals surface area contributed by atoms with Gasteiger partial charge in [0, 0.05) is 29.3 Å². The summed E-state index contributed by atoms with van der Waals surface area (Å²) in [4.78, 5) is 15.6. The molecular weight excluding hydrogens is 280 g/mol. The van der Waals surface area contributed by atoms with Gasteiger partial charge in [-0.2, -0.15) is 0 Å². The smallest absolute Gasteiger partial charge is 0.227 e. The standard InChI is InChI=1S/C17H18N2OS/c18-14-5-3-4-13(12-14)8-9-17(20)19-10-11-21-16-7-2-1-6-15(16)19/h1-7,12H,8-11,18H2. The van der Waals surface area contributed by atoms with Gasteiger partial charge in [0.25, 0.3) is 0 Å². The van der Waals surface area contributed by atoms with Gasteiger partial charge in [-0.15, -0.1) is 11.8 Å². The van der Waals surface area contributed by atoms with Crippen molar-refractivity contribution in [2.45, 2.75) is 17.7 Å². The number of nitrogens with zero attached hydrogens (tertiary/aromatic N) is 1. The highest BCUT2D eigenvalue weighted by molar-refractivity contribution is 7.99. The third kappa shape index (κ3) is 3.22. The molecule has 0 saturated carbocycles. The molecule has 0 saturated heterocycles. The fourth-order valence-corrected chi connectivity index (χ4v) is 3.56. The molecule has 3 nitrogen and oxygen atoms in total. The molecule has 0 aliphatic carbocycles. The van der Waals surface area contributed by atoms with Gasteiger partial charge in [-0.05, 0) is 36.2 Å². The molecule has 0 atom stereocenters. The van der Waals surface area contributed by atoms with Gasteiger partial charge in [-0.25, -0.2) is 0 Å². The molecule has 21 heavy (non-hydrogen) atoms. The lowest BCUT2D eigenvalue weighted by Crippen LogP contribution is -2.35. The molecule has 2 N–H and O–H groups in total. The zero-order valence-electron chi connectivity index (χ0n) is 11.8. The van der Waals surface area contributed by atoms with Crippen LogP contribution in [0, 0.1) is 0 Å². The number of para-hydroxylation sites is 1. The highest BCUT2D eigenvalue weighted by Crippen LogP contribution is 2.34. The first-order chi connectivity index (χ1) is 10.2. The van der Waals surface area contributed by atoms with E-state index in [0.29, 0.717) is 6.42 Å². The highest BCUT2D eigenvalue weighted by Gasteiger charge is 2.22. The second-order valence-corrected chi connectivity index (χ2v) is 6.24. The van der Waals surface area contributed by atoms with Gasteiger partial charge in [0.05, 0.1) is 5.69 Å². The average Bonchev–Trinajstić information content (AvgIpc) is 2.52. The molecule has 108 valence electrons. The molecule has 3 rings (SSSR count). The van der Waals surface area contributed by atoms with E-state index in [0.717, 1.165) is 35.7 Å². The van der Waals surface area contributed by atoms with Crippen molar-refractivity contribution in [1.82, 2.24) is 0 Å². The maximum atomic E-state index is 12.5. The van der Waals surface area contributed by atoms with Crippen molar-refractivity contribution in [2.75, 3.05) is 22.9 Å². The van der Waals surface area contributed by atoms with Crippen LogP contribution in [0.1, 0.15) is 12.0 Å². The molecule has 1 heterocycles. The fraction of sp³-hybridized carbons (Fsp3) is 0.235. The van der Waals surface area contributed by atoms with Gasteiger partial charge in [-0.3, -0.25) is 4.79 Å². The molecule has 4 heteroatoms. The summed E-state index contributed by atoms with van der Waals surface area (Å²) in [7, 11) is 0. The van der Waals surface area contributed by atoms with E-state index >= 15 is 0 Å². The normalized spacial score (nSPS) is 13.8. The Hall–Kier alpha value is -1.94. The van der Waals surface area contributed by atoms with Crippen LogP contribution >= 0.6 is 11.8 Å².